The van der Waals surface area contributed by atoms with Crippen molar-refractivity contribution in [3.8, 4) is 11.5 Å². The Morgan fingerprint density at radius 2 is 1.90 bits per heavy atom. The van der Waals surface area contributed by atoms with Gasteiger partial charge in [-0.05, 0) is 42.3 Å². The average molecular weight is 423 g/mol. The molecular formula is C24H16ClFO4. The van der Waals surface area contributed by atoms with Crippen LogP contribution in [0.5, 0.6) is 11.5 Å². The third kappa shape index (κ3) is 3.98. The molecule has 1 aliphatic heterocycles. The number of halogens is 2. The number of Topliss-reactive ketones (excluding diaryl/α,β-unsaturated/α-hetero) is 1. The Morgan fingerprint density at radius 1 is 1.13 bits per heavy atom. The summed E-state index contributed by atoms with van der Waals surface area (Å²) in [7, 11) is 0. The Hall–Kier alpha value is -3.44. The molecule has 0 bridgehead atoms. The highest BCUT2D eigenvalue weighted by atomic mass is 35.5. The number of allylic oxidation sites excluding steroid dienone is 1. The second-order valence-electron chi connectivity index (χ2n) is 6.82. The largest absolute Gasteiger partial charge is 0.452 e. The molecule has 30 heavy (non-hydrogen) atoms. The van der Waals surface area contributed by atoms with Gasteiger partial charge in [-0.15, -0.1) is 0 Å². The minimum absolute atomic E-state index is 0.0483. The minimum Gasteiger partial charge on any atom is -0.452 e. The first kappa shape index (κ1) is 19.9. The smallest absolute Gasteiger partial charge is 0.315 e. The molecule has 3 aromatic carbocycles. The topological polar surface area (TPSA) is 52.6 Å². The molecule has 0 aromatic heterocycles. The van der Waals surface area contributed by atoms with Gasteiger partial charge < -0.3 is 9.47 Å². The lowest BCUT2D eigenvalue weighted by Gasteiger charge is -2.08. The zero-order valence-corrected chi connectivity index (χ0v) is 16.7. The Morgan fingerprint density at radius 3 is 2.63 bits per heavy atom. The molecule has 0 radical (unpaired) electrons. The predicted octanol–water partition coefficient (Wildman–Crippen LogP) is 5.55. The number of hydrogen-bond acceptors (Lipinski definition) is 4. The summed E-state index contributed by atoms with van der Waals surface area (Å²) in [5.74, 6) is -0.906. The maximum absolute atomic E-state index is 14.1. The molecule has 6 heteroatoms. The van der Waals surface area contributed by atoms with Crippen molar-refractivity contribution in [2.45, 2.75) is 13.3 Å². The van der Waals surface area contributed by atoms with Crippen LogP contribution in [0.15, 0.2) is 66.4 Å². The number of rotatable bonds is 4. The van der Waals surface area contributed by atoms with E-state index in [1.54, 1.807) is 13.0 Å². The summed E-state index contributed by atoms with van der Waals surface area (Å²) in [6, 6.07) is 16.6. The van der Waals surface area contributed by atoms with Gasteiger partial charge in [0.1, 0.15) is 17.3 Å². The van der Waals surface area contributed by atoms with Gasteiger partial charge in [-0.25, -0.2) is 4.39 Å². The van der Waals surface area contributed by atoms with Crippen molar-refractivity contribution in [3.05, 3.63) is 99.5 Å². The van der Waals surface area contributed by atoms with E-state index >= 15 is 0 Å². The summed E-state index contributed by atoms with van der Waals surface area (Å²) in [6.45, 7) is 1.72. The number of benzene rings is 3. The van der Waals surface area contributed by atoms with Gasteiger partial charge in [0.25, 0.3) is 0 Å². The molecule has 0 saturated heterocycles. The van der Waals surface area contributed by atoms with Crippen molar-refractivity contribution in [1.29, 1.82) is 0 Å². The zero-order valence-electron chi connectivity index (χ0n) is 15.9. The summed E-state index contributed by atoms with van der Waals surface area (Å²) in [5.41, 5.74) is 1.83. The van der Waals surface area contributed by atoms with Crippen molar-refractivity contribution < 1.29 is 23.5 Å². The summed E-state index contributed by atoms with van der Waals surface area (Å²) in [5, 5.41) is 0.169. The molecule has 1 heterocycles. The number of hydrogen-bond donors (Lipinski definition) is 0. The van der Waals surface area contributed by atoms with E-state index in [1.165, 1.54) is 30.3 Å². The van der Waals surface area contributed by atoms with Gasteiger partial charge in [-0.2, -0.15) is 0 Å². The normalized spacial score (nSPS) is 13.8. The first-order valence-electron chi connectivity index (χ1n) is 9.20. The molecular weight excluding hydrogens is 407 g/mol. The lowest BCUT2D eigenvalue weighted by molar-refractivity contribution is -0.133. The van der Waals surface area contributed by atoms with E-state index in [-0.39, 0.29) is 40.0 Å². The molecule has 0 amide bonds. The van der Waals surface area contributed by atoms with Gasteiger partial charge in [0, 0.05) is 11.6 Å². The van der Waals surface area contributed by atoms with Crippen LogP contribution in [0.2, 0.25) is 5.02 Å². The van der Waals surface area contributed by atoms with Gasteiger partial charge >= 0.3 is 5.97 Å². The first-order valence-corrected chi connectivity index (χ1v) is 9.57. The predicted molar refractivity (Wildman–Crippen MR) is 111 cm³/mol. The molecule has 4 nitrogen and oxygen atoms in total. The maximum atomic E-state index is 14.1. The molecule has 1 aliphatic rings. The first-order chi connectivity index (χ1) is 14.4. The molecule has 0 saturated carbocycles. The van der Waals surface area contributed by atoms with E-state index in [4.69, 9.17) is 21.1 Å². The molecule has 0 atom stereocenters. The Balaban J connectivity index is 1.58. The van der Waals surface area contributed by atoms with Crippen molar-refractivity contribution >= 4 is 29.4 Å². The van der Waals surface area contributed by atoms with Crippen LogP contribution in [0, 0.1) is 12.7 Å². The van der Waals surface area contributed by atoms with Crippen LogP contribution in [0.25, 0.3) is 6.08 Å². The van der Waals surface area contributed by atoms with E-state index in [0.29, 0.717) is 11.1 Å². The van der Waals surface area contributed by atoms with Crippen LogP contribution in [0.1, 0.15) is 27.0 Å². The van der Waals surface area contributed by atoms with E-state index in [0.717, 1.165) is 5.56 Å². The minimum atomic E-state index is -0.561. The third-order valence-corrected chi connectivity index (χ3v) is 4.97. The van der Waals surface area contributed by atoms with E-state index < -0.39 is 11.8 Å². The molecule has 0 fully saturated rings. The lowest BCUT2D eigenvalue weighted by atomic mass is 10.0. The van der Waals surface area contributed by atoms with Gasteiger partial charge in [0.05, 0.1) is 17.0 Å². The van der Waals surface area contributed by atoms with Gasteiger partial charge in [0.15, 0.2) is 5.76 Å². The number of ether oxygens (including phenoxy) is 2. The number of carbonyl (C=O) groups is 2. The quantitative estimate of drug-likeness (QED) is 0.314. The fourth-order valence-electron chi connectivity index (χ4n) is 3.25. The highest BCUT2D eigenvalue weighted by Gasteiger charge is 2.30. The van der Waals surface area contributed by atoms with Crippen LogP contribution in [-0.4, -0.2) is 11.8 Å². The molecule has 0 spiro atoms. The standard InChI is InChI=1S/C24H16ClFO4/c1-14-10-16(29-22(27)11-15-6-3-2-4-7-15)12-20-23(14)24(28)21(30-20)13-17-18(25)8-5-9-19(17)26/h2-10,12-13H,11H2,1H3/b21-13-. The monoisotopic (exact) mass is 422 g/mol. The molecule has 0 unspecified atom stereocenters. The molecule has 0 N–H and O–H groups in total. The van der Waals surface area contributed by atoms with E-state index in [2.05, 4.69) is 0 Å². The van der Waals surface area contributed by atoms with E-state index in [1.807, 2.05) is 30.3 Å². The van der Waals surface area contributed by atoms with Gasteiger partial charge in [-0.3, -0.25) is 9.59 Å². The summed E-state index contributed by atoms with van der Waals surface area (Å²) in [4.78, 5) is 25.0. The second-order valence-corrected chi connectivity index (χ2v) is 7.23. The number of ketones is 1. The Labute approximate surface area is 177 Å². The second kappa shape index (κ2) is 8.13. The highest BCUT2D eigenvalue weighted by Crippen LogP contribution is 2.38. The van der Waals surface area contributed by atoms with E-state index in [9.17, 15) is 14.0 Å². The molecule has 3 aromatic rings. The van der Waals surface area contributed by atoms with Crippen molar-refractivity contribution in [3.63, 3.8) is 0 Å². The molecule has 4 rings (SSSR count). The highest BCUT2D eigenvalue weighted by molar-refractivity contribution is 6.32. The van der Waals surface area contributed by atoms with Gasteiger partial charge in [0.2, 0.25) is 5.78 Å². The van der Waals surface area contributed by atoms with Gasteiger partial charge in [-0.1, -0.05) is 48.0 Å². The van der Waals surface area contributed by atoms with Crippen molar-refractivity contribution in [1.82, 2.24) is 0 Å². The molecule has 0 aliphatic carbocycles. The number of carbonyl (C=O) groups excluding carboxylic acids is 2. The van der Waals surface area contributed by atoms with Crippen LogP contribution in [0.4, 0.5) is 4.39 Å². The number of aryl methyl sites for hydroxylation is 1. The van der Waals surface area contributed by atoms with Crippen LogP contribution < -0.4 is 9.47 Å². The summed E-state index contributed by atoms with van der Waals surface area (Å²) in [6.07, 6.45) is 1.40. The van der Waals surface area contributed by atoms with Crippen LogP contribution >= 0.6 is 11.6 Å². The third-order valence-electron chi connectivity index (χ3n) is 4.64. The SMILES string of the molecule is Cc1cc(OC(=O)Cc2ccccc2)cc2c1C(=O)/C(=C/c1c(F)cccc1Cl)O2. The molecule has 150 valence electrons. The lowest BCUT2D eigenvalue weighted by Crippen LogP contribution is -2.11. The van der Waals surface area contributed by atoms with Crippen LogP contribution in [0.3, 0.4) is 0 Å². The average Bonchev–Trinajstić information content (AvgIpc) is 3.01. The fourth-order valence-corrected chi connectivity index (χ4v) is 3.46. The Kier molecular flexibility index (Phi) is 5.38. The summed E-state index contributed by atoms with van der Waals surface area (Å²) < 4.78 is 25.1. The van der Waals surface area contributed by atoms with Crippen LogP contribution in [-0.2, 0) is 11.2 Å². The maximum Gasteiger partial charge on any atom is 0.315 e. The van der Waals surface area contributed by atoms with Crippen molar-refractivity contribution in [2.24, 2.45) is 0 Å². The number of fused-ring (bicyclic) bond motifs is 1. The Bertz CT molecular complexity index is 1170. The van der Waals surface area contributed by atoms with Crippen molar-refractivity contribution in [2.75, 3.05) is 0 Å². The summed E-state index contributed by atoms with van der Waals surface area (Å²) >= 11 is 6.04. The zero-order chi connectivity index (χ0) is 21.3. The number of esters is 1. The fraction of sp³-hybridized carbons (Fsp3) is 0.0833.